The van der Waals surface area contributed by atoms with Gasteiger partial charge in [0.2, 0.25) is 0 Å². The van der Waals surface area contributed by atoms with E-state index in [1.807, 2.05) is 19.1 Å². The summed E-state index contributed by atoms with van der Waals surface area (Å²) in [5.74, 6) is 1.75. The molecule has 0 saturated heterocycles. The summed E-state index contributed by atoms with van der Waals surface area (Å²) in [6.45, 7) is 2.66. The van der Waals surface area contributed by atoms with Gasteiger partial charge in [0.15, 0.2) is 11.5 Å². The Morgan fingerprint density at radius 1 is 1.13 bits per heavy atom. The second-order valence-electron chi connectivity index (χ2n) is 4.88. The Bertz CT molecular complexity index is 674. The molecule has 0 aliphatic heterocycles. The number of rotatable bonds is 7. The number of methoxy groups -OCH3 is 2. The molecule has 0 aliphatic rings. The van der Waals surface area contributed by atoms with Crippen molar-refractivity contribution in [2.24, 2.45) is 0 Å². The summed E-state index contributed by atoms with van der Waals surface area (Å²) in [6.07, 6.45) is 2.50. The van der Waals surface area contributed by atoms with E-state index < -0.39 is 0 Å². The molecular formula is C17H21N3O3. The van der Waals surface area contributed by atoms with Crippen LogP contribution < -0.4 is 20.1 Å². The van der Waals surface area contributed by atoms with Crippen molar-refractivity contribution in [3.05, 3.63) is 42.1 Å². The summed E-state index contributed by atoms with van der Waals surface area (Å²) in [7, 11) is 3.17. The maximum absolute atomic E-state index is 12.0. The van der Waals surface area contributed by atoms with Gasteiger partial charge in [0, 0.05) is 30.1 Å². The van der Waals surface area contributed by atoms with Crippen molar-refractivity contribution < 1.29 is 14.3 Å². The van der Waals surface area contributed by atoms with Crippen LogP contribution in [0.25, 0.3) is 0 Å². The Hall–Kier alpha value is -2.76. The maximum Gasteiger partial charge on any atom is 0.251 e. The maximum atomic E-state index is 12.0. The van der Waals surface area contributed by atoms with Crippen LogP contribution >= 0.6 is 0 Å². The van der Waals surface area contributed by atoms with E-state index in [1.165, 1.54) is 0 Å². The van der Waals surface area contributed by atoms with Gasteiger partial charge in [0.05, 0.1) is 14.2 Å². The predicted molar refractivity (Wildman–Crippen MR) is 89.7 cm³/mol. The van der Waals surface area contributed by atoms with E-state index in [9.17, 15) is 4.79 Å². The number of carbonyl (C=O) groups is 1. The third-order valence-electron chi connectivity index (χ3n) is 3.21. The lowest BCUT2D eigenvalue weighted by Gasteiger charge is -2.11. The monoisotopic (exact) mass is 315 g/mol. The molecule has 0 fully saturated rings. The average molecular weight is 315 g/mol. The summed E-state index contributed by atoms with van der Waals surface area (Å²) < 4.78 is 10.5. The van der Waals surface area contributed by atoms with Gasteiger partial charge in [-0.3, -0.25) is 4.79 Å². The number of hydrogen-bond acceptors (Lipinski definition) is 5. The number of amides is 1. The summed E-state index contributed by atoms with van der Waals surface area (Å²) in [5, 5.41) is 6.00. The van der Waals surface area contributed by atoms with Gasteiger partial charge in [-0.25, -0.2) is 4.98 Å². The van der Waals surface area contributed by atoms with Crippen LogP contribution in [0.1, 0.15) is 23.7 Å². The highest BCUT2D eigenvalue weighted by molar-refractivity contribution is 5.94. The first-order valence-electron chi connectivity index (χ1n) is 7.41. The van der Waals surface area contributed by atoms with Gasteiger partial charge in [0.25, 0.3) is 5.91 Å². The molecule has 0 radical (unpaired) electrons. The SMILES string of the molecule is CCCNC(=O)c1ccnc(Nc2ccc(OC)c(OC)c2)c1. The topological polar surface area (TPSA) is 72.5 Å². The van der Waals surface area contributed by atoms with E-state index in [2.05, 4.69) is 15.6 Å². The van der Waals surface area contributed by atoms with Crippen LogP contribution in [0.2, 0.25) is 0 Å². The molecule has 0 unspecified atom stereocenters. The van der Waals surface area contributed by atoms with E-state index >= 15 is 0 Å². The molecule has 2 N–H and O–H groups in total. The van der Waals surface area contributed by atoms with Crippen molar-refractivity contribution in [1.82, 2.24) is 10.3 Å². The normalized spacial score (nSPS) is 10.0. The van der Waals surface area contributed by atoms with Crippen LogP contribution in [-0.4, -0.2) is 31.7 Å². The highest BCUT2D eigenvalue weighted by atomic mass is 16.5. The number of anilines is 2. The number of carbonyl (C=O) groups excluding carboxylic acids is 1. The summed E-state index contributed by atoms with van der Waals surface area (Å²) in [4.78, 5) is 16.2. The molecule has 0 spiro atoms. The first kappa shape index (κ1) is 16.6. The molecule has 6 nitrogen and oxygen atoms in total. The third-order valence-corrected chi connectivity index (χ3v) is 3.21. The average Bonchev–Trinajstić information content (AvgIpc) is 2.59. The zero-order valence-corrected chi connectivity index (χ0v) is 13.6. The molecule has 1 aromatic carbocycles. The van der Waals surface area contributed by atoms with Crippen molar-refractivity contribution in [1.29, 1.82) is 0 Å². The van der Waals surface area contributed by atoms with Crippen LogP contribution in [0.4, 0.5) is 11.5 Å². The van der Waals surface area contributed by atoms with Crippen molar-refractivity contribution >= 4 is 17.4 Å². The molecule has 0 atom stereocenters. The Balaban J connectivity index is 2.15. The lowest BCUT2D eigenvalue weighted by atomic mass is 10.2. The fourth-order valence-electron chi connectivity index (χ4n) is 2.04. The van der Waals surface area contributed by atoms with Crippen LogP contribution in [0.15, 0.2) is 36.5 Å². The van der Waals surface area contributed by atoms with Crippen molar-refractivity contribution in [3.63, 3.8) is 0 Å². The Morgan fingerprint density at radius 3 is 2.61 bits per heavy atom. The first-order valence-corrected chi connectivity index (χ1v) is 7.41. The molecule has 0 saturated carbocycles. The summed E-state index contributed by atoms with van der Waals surface area (Å²) >= 11 is 0. The van der Waals surface area contributed by atoms with E-state index in [0.29, 0.717) is 29.4 Å². The van der Waals surface area contributed by atoms with Gasteiger partial charge in [-0.15, -0.1) is 0 Å². The van der Waals surface area contributed by atoms with Gasteiger partial charge in [-0.05, 0) is 30.7 Å². The van der Waals surface area contributed by atoms with Gasteiger partial charge in [0.1, 0.15) is 5.82 Å². The molecule has 23 heavy (non-hydrogen) atoms. The molecule has 1 aromatic heterocycles. The summed E-state index contributed by atoms with van der Waals surface area (Å²) in [5.41, 5.74) is 1.36. The Morgan fingerprint density at radius 2 is 1.91 bits per heavy atom. The van der Waals surface area contributed by atoms with Crippen LogP contribution in [-0.2, 0) is 0 Å². The quantitative estimate of drug-likeness (QED) is 0.822. The minimum atomic E-state index is -0.107. The molecule has 1 heterocycles. The lowest BCUT2D eigenvalue weighted by molar-refractivity contribution is 0.0953. The van der Waals surface area contributed by atoms with Crippen molar-refractivity contribution in [2.45, 2.75) is 13.3 Å². The molecule has 6 heteroatoms. The van der Waals surface area contributed by atoms with Crippen molar-refractivity contribution in [3.8, 4) is 11.5 Å². The first-order chi connectivity index (χ1) is 11.2. The molecule has 1 amide bonds. The van der Waals surface area contributed by atoms with Crippen molar-refractivity contribution in [2.75, 3.05) is 26.1 Å². The van der Waals surface area contributed by atoms with E-state index in [0.717, 1.165) is 12.1 Å². The highest BCUT2D eigenvalue weighted by Crippen LogP contribution is 2.30. The number of aromatic nitrogens is 1. The van der Waals surface area contributed by atoms with E-state index in [1.54, 1.807) is 38.6 Å². The fourth-order valence-corrected chi connectivity index (χ4v) is 2.04. The third kappa shape index (κ3) is 4.35. The molecular weight excluding hydrogens is 294 g/mol. The fraction of sp³-hybridized carbons (Fsp3) is 0.294. The van der Waals surface area contributed by atoms with Gasteiger partial charge in [-0.1, -0.05) is 6.92 Å². The molecule has 122 valence electrons. The van der Waals surface area contributed by atoms with Crippen LogP contribution in [0.5, 0.6) is 11.5 Å². The number of nitrogens with zero attached hydrogens (tertiary/aromatic N) is 1. The lowest BCUT2D eigenvalue weighted by Crippen LogP contribution is -2.24. The minimum absolute atomic E-state index is 0.107. The van der Waals surface area contributed by atoms with Gasteiger partial charge < -0.3 is 20.1 Å². The van der Waals surface area contributed by atoms with Gasteiger partial charge >= 0.3 is 0 Å². The van der Waals surface area contributed by atoms with E-state index in [4.69, 9.17) is 9.47 Å². The number of benzene rings is 1. The van der Waals surface area contributed by atoms with Gasteiger partial charge in [-0.2, -0.15) is 0 Å². The molecule has 2 rings (SSSR count). The van der Waals surface area contributed by atoms with Crippen LogP contribution in [0.3, 0.4) is 0 Å². The Kier molecular flexibility index (Phi) is 5.80. The number of pyridine rings is 1. The number of ether oxygens (including phenoxy) is 2. The molecule has 0 bridgehead atoms. The highest BCUT2D eigenvalue weighted by Gasteiger charge is 2.08. The predicted octanol–water partition coefficient (Wildman–Crippen LogP) is 2.98. The number of nitrogens with one attached hydrogen (secondary N) is 2. The van der Waals surface area contributed by atoms with Crippen LogP contribution in [0, 0.1) is 0 Å². The minimum Gasteiger partial charge on any atom is -0.493 e. The zero-order valence-electron chi connectivity index (χ0n) is 13.6. The van der Waals surface area contributed by atoms with E-state index in [-0.39, 0.29) is 5.91 Å². The zero-order chi connectivity index (χ0) is 16.7. The second-order valence-corrected chi connectivity index (χ2v) is 4.88. The molecule has 2 aromatic rings. The smallest absolute Gasteiger partial charge is 0.251 e. The largest absolute Gasteiger partial charge is 0.493 e. The number of hydrogen-bond donors (Lipinski definition) is 2. The molecule has 0 aliphatic carbocycles. The second kappa shape index (κ2) is 8.03. The Labute approximate surface area is 135 Å². The standard InChI is InChI=1S/C17H21N3O3/c1-4-8-19-17(21)12-7-9-18-16(10-12)20-13-5-6-14(22-2)15(11-13)23-3/h5-7,9-11H,4,8H2,1-3H3,(H,18,20)(H,19,21). The summed E-state index contributed by atoms with van der Waals surface area (Å²) in [6, 6.07) is 8.86.